The zero-order chi connectivity index (χ0) is 8.43. The van der Waals surface area contributed by atoms with Crippen LogP contribution in [-0.4, -0.2) is 0 Å². The highest BCUT2D eigenvalue weighted by Gasteiger charge is 2.05. The number of rotatable bonds is 1. The van der Waals surface area contributed by atoms with E-state index in [9.17, 15) is 4.39 Å². The van der Waals surface area contributed by atoms with Crippen molar-refractivity contribution in [1.82, 2.24) is 0 Å². The van der Waals surface area contributed by atoms with E-state index in [2.05, 4.69) is 31.9 Å². The highest BCUT2D eigenvalue weighted by atomic mass is 79.9. The molecule has 0 unspecified atom stereocenters. The molecule has 1 aromatic carbocycles. The minimum absolute atomic E-state index is 0.165. The molecule has 0 nitrogen and oxygen atoms in total. The lowest BCUT2D eigenvalue weighted by atomic mass is 10.1. The van der Waals surface area contributed by atoms with E-state index in [4.69, 9.17) is 0 Å². The molecule has 3 heteroatoms. The van der Waals surface area contributed by atoms with Gasteiger partial charge in [0.05, 0.1) is 4.47 Å². The number of alkyl halides is 1. The fourth-order valence-electron chi connectivity index (χ4n) is 0.837. The summed E-state index contributed by atoms with van der Waals surface area (Å²) in [6, 6.07) is 3.62. The van der Waals surface area contributed by atoms with Gasteiger partial charge in [-0.1, -0.05) is 22.0 Å². The Morgan fingerprint density at radius 3 is 2.64 bits per heavy atom. The van der Waals surface area contributed by atoms with Crippen molar-refractivity contribution < 1.29 is 4.39 Å². The van der Waals surface area contributed by atoms with Crippen LogP contribution in [0.25, 0.3) is 0 Å². The van der Waals surface area contributed by atoms with E-state index in [1.54, 1.807) is 13.0 Å². The zero-order valence-corrected chi connectivity index (χ0v) is 9.17. The first-order valence-corrected chi connectivity index (χ1v) is 5.07. The van der Waals surface area contributed by atoms with Crippen molar-refractivity contribution in [3.63, 3.8) is 0 Å². The lowest BCUT2D eigenvalue weighted by molar-refractivity contribution is 0.610. The Labute approximate surface area is 82.1 Å². The molecule has 0 fully saturated rings. The number of hydrogen-bond donors (Lipinski definition) is 0. The quantitative estimate of drug-likeness (QED) is 0.687. The van der Waals surface area contributed by atoms with Crippen LogP contribution in [0.2, 0.25) is 0 Å². The summed E-state index contributed by atoms with van der Waals surface area (Å²) in [6.07, 6.45) is 0. The topological polar surface area (TPSA) is 0 Å². The number of halogens is 3. The van der Waals surface area contributed by atoms with Gasteiger partial charge >= 0.3 is 0 Å². The molecule has 0 bridgehead atoms. The molecular weight excluding hydrogens is 275 g/mol. The van der Waals surface area contributed by atoms with E-state index >= 15 is 0 Å². The van der Waals surface area contributed by atoms with Crippen LogP contribution < -0.4 is 0 Å². The highest BCUT2D eigenvalue weighted by molar-refractivity contribution is 9.10. The summed E-state index contributed by atoms with van der Waals surface area (Å²) in [5, 5.41) is 0.697. The van der Waals surface area contributed by atoms with Gasteiger partial charge in [-0.2, -0.15) is 0 Å². The normalized spacial score (nSPS) is 10.2. The van der Waals surface area contributed by atoms with E-state index < -0.39 is 0 Å². The first kappa shape index (κ1) is 9.20. The highest BCUT2D eigenvalue weighted by Crippen LogP contribution is 2.22. The van der Waals surface area contributed by atoms with Crippen LogP contribution in [0.15, 0.2) is 16.6 Å². The minimum Gasteiger partial charge on any atom is -0.205 e. The summed E-state index contributed by atoms with van der Waals surface area (Å²) in [6.45, 7) is 1.77. The van der Waals surface area contributed by atoms with Crippen LogP contribution in [0, 0.1) is 12.7 Å². The van der Waals surface area contributed by atoms with E-state index in [1.165, 1.54) is 0 Å². The largest absolute Gasteiger partial charge is 0.205 e. The molecule has 0 aliphatic rings. The van der Waals surface area contributed by atoms with Crippen LogP contribution in [0.3, 0.4) is 0 Å². The van der Waals surface area contributed by atoms with Crippen LogP contribution in [-0.2, 0) is 5.33 Å². The van der Waals surface area contributed by atoms with Gasteiger partial charge in [-0.15, -0.1) is 0 Å². The summed E-state index contributed by atoms with van der Waals surface area (Å²) < 4.78 is 13.6. The third kappa shape index (κ3) is 1.82. The summed E-state index contributed by atoms with van der Waals surface area (Å²) in [5.41, 5.74) is 1.70. The zero-order valence-electron chi connectivity index (χ0n) is 6.00. The molecule has 0 saturated heterocycles. The first-order chi connectivity index (χ1) is 5.16. The molecule has 11 heavy (non-hydrogen) atoms. The van der Waals surface area contributed by atoms with Crippen LogP contribution >= 0.6 is 31.9 Å². The fraction of sp³-hybridized carbons (Fsp3) is 0.250. The lowest BCUT2D eigenvalue weighted by Crippen LogP contribution is -1.90. The summed E-state index contributed by atoms with van der Waals surface area (Å²) in [4.78, 5) is 0. The van der Waals surface area contributed by atoms with Crippen molar-refractivity contribution in [2.24, 2.45) is 0 Å². The number of benzene rings is 1. The van der Waals surface area contributed by atoms with E-state index in [0.29, 0.717) is 15.4 Å². The Hall–Kier alpha value is 0.110. The second-order valence-corrected chi connectivity index (χ2v) is 3.69. The smallest absolute Gasteiger partial charge is 0.140 e. The van der Waals surface area contributed by atoms with Crippen molar-refractivity contribution in [1.29, 1.82) is 0 Å². The van der Waals surface area contributed by atoms with Crippen molar-refractivity contribution in [3.8, 4) is 0 Å². The summed E-state index contributed by atoms with van der Waals surface area (Å²) in [5.74, 6) is -0.165. The average molecular weight is 282 g/mol. The molecule has 0 radical (unpaired) electrons. The molecule has 1 rings (SSSR count). The van der Waals surface area contributed by atoms with E-state index in [-0.39, 0.29) is 5.82 Å². The second kappa shape index (κ2) is 3.68. The Balaban J connectivity index is 3.25. The first-order valence-electron chi connectivity index (χ1n) is 3.16. The van der Waals surface area contributed by atoms with Gasteiger partial charge in [-0.25, -0.2) is 4.39 Å². The van der Waals surface area contributed by atoms with Crippen molar-refractivity contribution in [2.75, 3.05) is 0 Å². The third-order valence-corrected chi connectivity index (χ3v) is 2.81. The summed E-state index contributed by atoms with van der Waals surface area (Å²) >= 11 is 6.40. The monoisotopic (exact) mass is 280 g/mol. The molecule has 0 aliphatic carbocycles. The molecule has 0 N–H and O–H groups in total. The van der Waals surface area contributed by atoms with Gasteiger partial charge in [0.2, 0.25) is 0 Å². The van der Waals surface area contributed by atoms with Gasteiger partial charge in [0.25, 0.3) is 0 Å². The third-order valence-electron chi connectivity index (χ3n) is 1.60. The standard InChI is InChI=1S/C8H7Br2F/c1-5-6(4-9)2-3-7(10)8(5)11/h2-3H,4H2,1H3. The minimum atomic E-state index is -0.165. The molecule has 0 atom stereocenters. The van der Waals surface area contributed by atoms with Crippen LogP contribution in [0.5, 0.6) is 0 Å². The molecule has 0 saturated carbocycles. The van der Waals surface area contributed by atoms with E-state index in [1.807, 2.05) is 6.07 Å². The average Bonchev–Trinajstić information content (AvgIpc) is 2.01. The predicted molar refractivity (Wildman–Crippen MR) is 51.5 cm³/mol. The second-order valence-electron chi connectivity index (χ2n) is 2.28. The van der Waals surface area contributed by atoms with E-state index in [0.717, 1.165) is 5.56 Å². The number of hydrogen-bond acceptors (Lipinski definition) is 0. The SMILES string of the molecule is Cc1c(CBr)ccc(Br)c1F. The van der Waals surface area contributed by atoms with Crippen LogP contribution in [0.1, 0.15) is 11.1 Å². The van der Waals surface area contributed by atoms with Gasteiger partial charge in [-0.3, -0.25) is 0 Å². The maximum absolute atomic E-state index is 13.1. The van der Waals surface area contributed by atoms with Crippen molar-refractivity contribution >= 4 is 31.9 Å². The maximum atomic E-state index is 13.1. The summed E-state index contributed by atoms with van der Waals surface area (Å²) in [7, 11) is 0. The molecule has 0 heterocycles. The van der Waals surface area contributed by atoms with Crippen molar-refractivity contribution in [3.05, 3.63) is 33.5 Å². The Kier molecular flexibility index (Phi) is 3.07. The van der Waals surface area contributed by atoms with Gasteiger partial charge in [0.15, 0.2) is 0 Å². The molecule has 0 amide bonds. The van der Waals surface area contributed by atoms with Gasteiger partial charge in [0, 0.05) is 5.33 Å². The molecule has 0 aromatic heterocycles. The lowest BCUT2D eigenvalue weighted by Gasteiger charge is -2.03. The van der Waals surface area contributed by atoms with Gasteiger partial charge in [-0.05, 0) is 40.0 Å². The fourth-order valence-corrected chi connectivity index (χ4v) is 1.87. The molecule has 0 spiro atoms. The Bertz CT molecular complexity index is 271. The Morgan fingerprint density at radius 1 is 1.45 bits per heavy atom. The van der Waals surface area contributed by atoms with Gasteiger partial charge < -0.3 is 0 Å². The molecule has 60 valence electrons. The molecular formula is C8H7Br2F. The molecule has 1 aromatic rings. The predicted octanol–water partition coefficient (Wildman–Crippen LogP) is 3.79. The van der Waals surface area contributed by atoms with Gasteiger partial charge in [0.1, 0.15) is 5.82 Å². The maximum Gasteiger partial charge on any atom is 0.140 e. The van der Waals surface area contributed by atoms with Crippen LogP contribution in [0.4, 0.5) is 4.39 Å². The Morgan fingerprint density at radius 2 is 2.09 bits per heavy atom. The molecule has 0 aliphatic heterocycles. The van der Waals surface area contributed by atoms with Crippen molar-refractivity contribution in [2.45, 2.75) is 12.3 Å².